The van der Waals surface area contributed by atoms with Crippen LogP contribution in [0, 0.1) is 6.92 Å². The van der Waals surface area contributed by atoms with Crippen LogP contribution in [0.3, 0.4) is 0 Å². The predicted octanol–water partition coefficient (Wildman–Crippen LogP) is 4.08. The van der Waals surface area contributed by atoms with Crippen molar-refractivity contribution in [2.75, 3.05) is 5.32 Å². The van der Waals surface area contributed by atoms with Gasteiger partial charge in [0.25, 0.3) is 0 Å². The molecule has 0 saturated carbocycles. The van der Waals surface area contributed by atoms with E-state index in [0.29, 0.717) is 22.1 Å². The number of anilines is 2. The Bertz CT molecular complexity index is 949. The molecule has 3 rings (SSSR count). The highest BCUT2D eigenvalue weighted by atomic mass is 32.2. The van der Waals surface area contributed by atoms with Gasteiger partial charge in [-0.25, -0.2) is 9.97 Å². The Hall–Kier alpha value is -2.82. The van der Waals surface area contributed by atoms with Crippen molar-refractivity contribution in [1.29, 1.82) is 0 Å². The Kier molecular flexibility index (Phi) is 5.73. The fraction of sp³-hybridized carbons (Fsp3) is 0.111. The number of rotatable bonds is 5. The number of hydrogen-bond donors (Lipinski definition) is 2. The van der Waals surface area contributed by atoms with Gasteiger partial charge in [-0.05, 0) is 55.5 Å². The maximum absolute atomic E-state index is 12.2. The quantitative estimate of drug-likeness (QED) is 0.618. The Morgan fingerprint density at radius 3 is 2.25 bits per heavy atom. The highest BCUT2D eigenvalue weighted by Gasteiger charge is 2.30. The lowest BCUT2D eigenvalue weighted by Crippen LogP contribution is -2.17. The van der Waals surface area contributed by atoms with Gasteiger partial charge < -0.3 is 14.6 Å². The molecule has 3 aromatic rings. The van der Waals surface area contributed by atoms with Crippen LogP contribution < -0.4 is 15.2 Å². The van der Waals surface area contributed by atoms with Crippen molar-refractivity contribution in [2.24, 2.45) is 5.14 Å². The molecular weight excluding hydrogens is 393 g/mol. The standard InChI is InChI=1S/C18H15F3N4O2S/c1-11-16(12-2-8-15(9-3-12)28(22)26)23-10-24-17(11)25-13-4-6-14(7-5-13)27-18(19,20)21/h2-10H,22H2,1H3,(H,23,24,25). The van der Waals surface area contributed by atoms with Crippen molar-refractivity contribution in [2.45, 2.75) is 18.2 Å². The van der Waals surface area contributed by atoms with Crippen molar-refractivity contribution in [3.05, 3.63) is 60.4 Å². The van der Waals surface area contributed by atoms with Gasteiger partial charge in [0.2, 0.25) is 0 Å². The number of benzene rings is 2. The number of hydrogen-bond acceptors (Lipinski definition) is 6. The lowest BCUT2D eigenvalue weighted by molar-refractivity contribution is -0.274. The second-order valence-corrected chi connectivity index (χ2v) is 6.78. The minimum absolute atomic E-state index is 0.310. The van der Waals surface area contributed by atoms with Crippen molar-refractivity contribution in [3.8, 4) is 17.0 Å². The first kappa shape index (κ1) is 19.9. The van der Waals surface area contributed by atoms with E-state index in [1.54, 1.807) is 24.3 Å². The summed E-state index contributed by atoms with van der Waals surface area (Å²) in [6.07, 6.45) is -3.36. The summed E-state index contributed by atoms with van der Waals surface area (Å²) in [6, 6.07) is 12.1. The molecule has 2 aromatic carbocycles. The summed E-state index contributed by atoms with van der Waals surface area (Å²) < 4.78 is 51.9. The van der Waals surface area contributed by atoms with E-state index in [4.69, 9.17) is 5.14 Å². The van der Waals surface area contributed by atoms with E-state index in [2.05, 4.69) is 20.0 Å². The molecule has 0 bridgehead atoms. The zero-order valence-corrected chi connectivity index (χ0v) is 15.3. The second kappa shape index (κ2) is 8.05. The maximum atomic E-state index is 12.2. The van der Waals surface area contributed by atoms with Gasteiger partial charge in [-0.2, -0.15) is 0 Å². The number of nitrogens with two attached hydrogens (primary N) is 1. The average Bonchev–Trinajstić information content (AvgIpc) is 2.64. The fourth-order valence-electron chi connectivity index (χ4n) is 2.49. The molecule has 0 aliphatic rings. The highest BCUT2D eigenvalue weighted by molar-refractivity contribution is 7.89. The Morgan fingerprint density at radius 1 is 1.04 bits per heavy atom. The molecule has 1 heterocycles. The lowest BCUT2D eigenvalue weighted by Gasteiger charge is -2.13. The molecule has 0 spiro atoms. The third-order valence-electron chi connectivity index (χ3n) is 3.79. The van der Waals surface area contributed by atoms with E-state index in [0.717, 1.165) is 11.1 Å². The predicted molar refractivity (Wildman–Crippen MR) is 99.2 cm³/mol. The zero-order chi connectivity index (χ0) is 20.3. The van der Waals surface area contributed by atoms with Gasteiger partial charge >= 0.3 is 6.36 Å². The molecular formula is C18H15F3N4O2S. The van der Waals surface area contributed by atoms with Crippen molar-refractivity contribution < 1.29 is 22.5 Å². The molecule has 10 heteroatoms. The molecule has 1 atom stereocenters. The van der Waals surface area contributed by atoms with Crippen LogP contribution in [0.2, 0.25) is 0 Å². The molecule has 0 radical (unpaired) electrons. The van der Waals surface area contributed by atoms with Crippen LogP contribution >= 0.6 is 0 Å². The number of halogens is 3. The number of nitrogens with one attached hydrogen (secondary N) is 1. The molecule has 0 fully saturated rings. The monoisotopic (exact) mass is 408 g/mol. The largest absolute Gasteiger partial charge is 0.593 e. The fourth-order valence-corrected chi connectivity index (χ4v) is 2.90. The van der Waals surface area contributed by atoms with Gasteiger partial charge in [-0.15, -0.1) is 18.3 Å². The summed E-state index contributed by atoms with van der Waals surface area (Å²) in [5, 5.41) is 8.40. The van der Waals surface area contributed by atoms with Crippen LogP contribution in [-0.2, 0) is 11.4 Å². The number of aromatic nitrogens is 2. The summed E-state index contributed by atoms with van der Waals surface area (Å²) >= 11 is -1.56. The first-order chi connectivity index (χ1) is 13.2. The average molecular weight is 408 g/mol. The van der Waals surface area contributed by atoms with Gasteiger partial charge in [-0.1, -0.05) is 0 Å². The SMILES string of the molecule is Cc1c(Nc2ccc(OC(F)(F)F)cc2)ncnc1-c1ccc([S+](N)[O-])cc1. The molecule has 1 aromatic heterocycles. The van der Waals surface area contributed by atoms with Gasteiger partial charge in [0, 0.05) is 16.8 Å². The Labute approximate surface area is 161 Å². The van der Waals surface area contributed by atoms with E-state index in [1.165, 1.54) is 30.6 Å². The van der Waals surface area contributed by atoms with Crippen molar-refractivity contribution in [1.82, 2.24) is 9.97 Å². The number of nitrogens with zero attached hydrogens (tertiary/aromatic N) is 2. The smallest absolute Gasteiger partial charge is 0.573 e. The van der Waals surface area contributed by atoms with Crippen LogP contribution in [0.4, 0.5) is 24.7 Å². The van der Waals surface area contributed by atoms with Crippen LogP contribution in [0.15, 0.2) is 59.8 Å². The molecule has 3 N–H and O–H groups in total. The maximum Gasteiger partial charge on any atom is 0.573 e. The van der Waals surface area contributed by atoms with Crippen LogP contribution in [-0.4, -0.2) is 20.9 Å². The van der Waals surface area contributed by atoms with Crippen LogP contribution in [0.5, 0.6) is 5.75 Å². The third-order valence-corrected chi connectivity index (χ3v) is 4.53. The van der Waals surface area contributed by atoms with Crippen LogP contribution in [0.25, 0.3) is 11.3 Å². The normalized spacial score (nSPS) is 12.5. The van der Waals surface area contributed by atoms with Gasteiger partial charge in [0.1, 0.15) is 17.9 Å². The van der Waals surface area contributed by atoms with Gasteiger partial charge in [0.05, 0.1) is 17.1 Å². The minimum Gasteiger partial charge on any atom is -0.593 e. The minimum atomic E-state index is -4.74. The molecule has 1 unspecified atom stereocenters. The summed E-state index contributed by atoms with van der Waals surface area (Å²) in [5.74, 6) is 0.191. The van der Waals surface area contributed by atoms with Crippen molar-refractivity contribution in [3.63, 3.8) is 0 Å². The summed E-state index contributed by atoms with van der Waals surface area (Å²) in [5.41, 5.74) is 2.71. The molecule has 0 saturated heterocycles. The third kappa shape index (κ3) is 4.91. The summed E-state index contributed by atoms with van der Waals surface area (Å²) in [6.45, 7) is 1.81. The molecule has 146 valence electrons. The van der Waals surface area contributed by atoms with E-state index in [-0.39, 0.29) is 5.75 Å². The van der Waals surface area contributed by atoms with E-state index < -0.39 is 17.7 Å². The Balaban J connectivity index is 1.81. The zero-order valence-electron chi connectivity index (χ0n) is 14.5. The Morgan fingerprint density at radius 2 is 1.68 bits per heavy atom. The molecule has 28 heavy (non-hydrogen) atoms. The van der Waals surface area contributed by atoms with Gasteiger partial charge in [-0.3, -0.25) is 0 Å². The molecule has 0 aliphatic heterocycles. The first-order valence-corrected chi connectivity index (χ1v) is 9.15. The molecule has 0 aliphatic carbocycles. The second-order valence-electron chi connectivity index (χ2n) is 5.71. The van der Waals surface area contributed by atoms with Crippen LogP contribution in [0.1, 0.15) is 5.56 Å². The highest BCUT2D eigenvalue weighted by Crippen LogP contribution is 2.29. The number of alkyl halides is 3. The van der Waals surface area contributed by atoms with E-state index >= 15 is 0 Å². The molecule has 0 amide bonds. The topological polar surface area (TPSA) is 96.1 Å². The van der Waals surface area contributed by atoms with E-state index in [1.807, 2.05) is 6.92 Å². The first-order valence-electron chi connectivity index (χ1n) is 7.94. The number of ether oxygens (including phenoxy) is 1. The lowest BCUT2D eigenvalue weighted by atomic mass is 10.1. The van der Waals surface area contributed by atoms with Gasteiger partial charge in [0.15, 0.2) is 4.90 Å². The summed E-state index contributed by atoms with van der Waals surface area (Å²) in [7, 11) is 0. The molecule has 6 nitrogen and oxygen atoms in total. The van der Waals surface area contributed by atoms with Crippen molar-refractivity contribution >= 4 is 22.9 Å². The van der Waals surface area contributed by atoms with E-state index in [9.17, 15) is 17.7 Å². The summed E-state index contributed by atoms with van der Waals surface area (Å²) in [4.78, 5) is 8.96.